The Balaban J connectivity index is 1.48. The van der Waals surface area contributed by atoms with Crippen molar-refractivity contribution in [3.8, 4) is 5.75 Å². The molecule has 0 bridgehead atoms. The molecule has 1 heterocycles. The van der Waals surface area contributed by atoms with Crippen molar-refractivity contribution in [3.63, 3.8) is 0 Å². The first kappa shape index (κ1) is 26.3. The Bertz CT molecular complexity index is 1640. The Kier molecular flexibility index (Phi) is 7.21. The van der Waals surface area contributed by atoms with Gasteiger partial charge in [-0.05, 0) is 71.5 Å². The molecule has 0 radical (unpaired) electrons. The minimum absolute atomic E-state index is 0.0408. The maximum atomic E-state index is 14.1. The van der Waals surface area contributed by atoms with Crippen molar-refractivity contribution in [1.82, 2.24) is 0 Å². The summed E-state index contributed by atoms with van der Waals surface area (Å²) < 4.78 is 19.4. The van der Waals surface area contributed by atoms with Gasteiger partial charge in [-0.2, -0.15) is 0 Å². The molecule has 0 saturated carbocycles. The molecule has 6 rings (SSSR count). The Labute approximate surface area is 238 Å². The first-order valence-electron chi connectivity index (χ1n) is 13.6. The van der Waals surface area contributed by atoms with Crippen LogP contribution in [0.2, 0.25) is 0 Å². The van der Waals surface area contributed by atoms with Gasteiger partial charge in [0.2, 0.25) is 0 Å². The average molecular weight is 545 g/mol. The van der Waals surface area contributed by atoms with Crippen LogP contribution in [0.3, 0.4) is 0 Å². The number of halogens is 1. The van der Waals surface area contributed by atoms with Crippen LogP contribution in [0.5, 0.6) is 5.75 Å². The van der Waals surface area contributed by atoms with Crippen LogP contribution in [-0.4, -0.2) is 18.8 Å². The second-order valence-corrected chi connectivity index (χ2v) is 10.2. The fraction of sp³-hybridized carbons (Fsp3) is 0.143. The monoisotopic (exact) mass is 544 g/mol. The quantitative estimate of drug-likeness (QED) is 0.265. The number of nitrogens with one attached hydrogen (secondary N) is 1. The lowest BCUT2D eigenvalue weighted by atomic mass is 9.78. The smallest absolute Gasteiger partial charge is 0.251 e. The topological polar surface area (TPSA) is 58.6 Å². The molecule has 2 aliphatic rings. The highest BCUT2D eigenvalue weighted by Gasteiger charge is 2.41. The maximum Gasteiger partial charge on any atom is 0.251 e. The molecule has 0 aromatic heterocycles. The van der Waals surface area contributed by atoms with E-state index < -0.39 is 6.04 Å². The van der Waals surface area contributed by atoms with E-state index in [1.165, 1.54) is 18.2 Å². The summed E-state index contributed by atoms with van der Waals surface area (Å²) in [5, 5.41) is 3.53. The summed E-state index contributed by atoms with van der Waals surface area (Å²) in [6.07, 6.45) is 4.18. The molecule has 6 heteroatoms. The van der Waals surface area contributed by atoms with Crippen LogP contribution in [0.25, 0.3) is 6.08 Å². The van der Waals surface area contributed by atoms with Crippen LogP contribution in [0.4, 0.5) is 15.8 Å². The van der Waals surface area contributed by atoms with Gasteiger partial charge in [-0.25, -0.2) is 4.39 Å². The summed E-state index contributed by atoms with van der Waals surface area (Å²) in [5.74, 6) is 0.00148. The van der Waals surface area contributed by atoms with Gasteiger partial charge in [0.25, 0.3) is 5.91 Å². The summed E-state index contributed by atoms with van der Waals surface area (Å²) >= 11 is 0. The SMILES string of the molecule is COc1ccc([C@@H]2CC(=O)C3=C(C2)Nc2ccccc2N(C(=O)/C=C/c2ccccc2)[C@@H]3c2ccc(F)cc2)cc1. The van der Waals surface area contributed by atoms with Crippen molar-refractivity contribution in [3.05, 3.63) is 143 Å². The number of Topliss-reactive ketones (excluding diaryl/α,β-unsaturated/α-hetero) is 1. The lowest BCUT2D eigenvalue weighted by molar-refractivity contribution is -0.116. The van der Waals surface area contributed by atoms with Crippen molar-refractivity contribution >= 4 is 29.1 Å². The second-order valence-electron chi connectivity index (χ2n) is 10.2. The van der Waals surface area contributed by atoms with Crippen LogP contribution >= 0.6 is 0 Å². The van der Waals surface area contributed by atoms with E-state index in [9.17, 15) is 14.0 Å². The number of ketones is 1. The molecule has 1 aliphatic heterocycles. The lowest BCUT2D eigenvalue weighted by Gasteiger charge is -2.34. The molecular formula is C35H29FN2O3. The molecule has 41 heavy (non-hydrogen) atoms. The number of carbonyl (C=O) groups excluding carboxylic acids is 2. The number of hydrogen-bond acceptors (Lipinski definition) is 4. The number of para-hydroxylation sites is 2. The molecule has 0 unspecified atom stereocenters. The highest BCUT2D eigenvalue weighted by Crippen LogP contribution is 2.47. The largest absolute Gasteiger partial charge is 0.497 e. The van der Waals surface area contributed by atoms with E-state index in [-0.39, 0.29) is 23.4 Å². The zero-order valence-electron chi connectivity index (χ0n) is 22.6. The zero-order chi connectivity index (χ0) is 28.3. The first-order valence-corrected chi connectivity index (χ1v) is 13.6. The Hall–Kier alpha value is -4.97. The molecular weight excluding hydrogens is 515 g/mol. The predicted molar refractivity (Wildman–Crippen MR) is 159 cm³/mol. The van der Waals surface area contributed by atoms with Gasteiger partial charge in [0.15, 0.2) is 5.78 Å². The van der Waals surface area contributed by atoms with E-state index in [0.29, 0.717) is 29.7 Å². The fourth-order valence-corrected chi connectivity index (χ4v) is 5.72. The van der Waals surface area contributed by atoms with Crippen molar-refractivity contribution in [2.24, 2.45) is 0 Å². The zero-order valence-corrected chi connectivity index (χ0v) is 22.6. The van der Waals surface area contributed by atoms with Gasteiger partial charge in [-0.1, -0.05) is 66.7 Å². The van der Waals surface area contributed by atoms with Gasteiger partial charge in [0.1, 0.15) is 11.6 Å². The van der Waals surface area contributed by atoms with Gasteiger partial charge in [0.05, 0.1) is 24.5 Å². The number of nitrogens with zero attached hydrogens (tertiary/aromatic N) is 1. The van der Waals surface area contributed by atoms with E-state index in [1.807, 2.05) is 78.9 Å². The third-order valence-corrected chi connectivity index (χ3v) is 7.72. The van der Waals surface area contributed by atoms with E-state index in [1.54, 1.807) is 30.2 Å². The average Bonchev–Trinajstić information content (AvgIpc) is 3.15. The summed E-state index contributed by atoms with van der Waals surface area (Å²) in [6.45, 7) is 0. The molecule has 1 N–H and O–H groups in total. The fourth-order valence-electron chi connectivity index (χ4n) is 5.72. The molecule has 5 nitrogen and oxygen atoms in total. The van der Waals surface area contributed by atoms with E-state index in [2.05, 4.69) is 5.32 Å². The number of ether oxygens (including phenoxy) is 1. The molecule has 4 aromatic carbocycles. The molecule has 0 fully saturated rings. The van der Waals surface area contributed by atoms with Gasteiger partial charge < -0.3 is 10.1 Å². The van der Waals surface area contributed by atoms with Crippen LogP contribution in [0.15, 0.2) is 120 Å². The van der Waals surface area contributed by atoms with Crippen molar-refractivity contribution in [1.29, 1.82) is 0 Å². The van der Waals surface area contributed by atoms with Gasteiger partial charge in [-0.15, -0.1) is 0 Å². The number of anilines is 2. The van der Waals surface area contributed by atoms with E-state index >= 15 is 0 Å². The number of allylic oxidation sites excluding steroid dienone is 1. The summed E-state index contributed by atoms with van der Waals surface area (Å²) in [5.41, 5.74) is 5.26. The number of methoxy groups -OCH3 is 1. The number of hydrogen-bond donors (Lipinski definition) is 1. The van der Waals surface area contributed by atoms with Crippen molar-refractivity contribution in [2.45, 2.75) is 24.8 Å². The Morgan fingerprint density at radius 2 is 1.56 bits per heavy atom. The molecule has 204 valence electrons. The normalized spacial score (nSPS) is 18.4. The van der Waals surface area contributed by atoms with Crippen molar-refractivity contribution < 1.29 is 18.7 Å². The highest BCUT2D eigenvalue weighted by molar-refractivity contribution is 6.10. The first-order chi connectivity index (χ1) is 20.0. The van der Waals surface area contributed by atoms with Crippen LogP contribution in [-0.2, 0) is 9.59 Å². The number of benzene rings is 4. The molecule has 0 spiro atoms. The highest BCUT2D eigenvalue weighted by atomic mass is 19.1. The minimum atomic E-state index is -0.737. The van der Waals surface area contributed by atoms with Crippen LogP contribution in [0, 0.1) is 5.82 Å². The molecule has 4 aromatic rings. The summed E-state index contributed by atoms with van der Waals surface area (Å²) in [7, 11) is 1.63. The Morgan fingerprint density at radius 1 is 0.878 bits per heavy atom. The number of fused-ring (bicyclic) bond motifs is 1. The van der Waals surface area contributed by atoms with Gasteiger partial charge in [-0.3, -0.25) is 14.5 Å². The third kappa shape index (κ3) is 5.29. The standard InChI is InChI=1S/C35H29FN2O3/c1-41-28-18-14-24(15-19-28)26-21-30-34(32(39)22-26)35(25-12-16-27(36)17-13-25)38(31-10-6-5-9-29(31)37-30)33(40)20-11-23-7-3-2-4-8-23/h2-20,26,35,37H,21-22H2,1H3/b20-11+/t26-,35+/m0/s1. The van der Waals surface area contributed by atoms with Crippen LogP contribution < -0.4 is 15.0 Å². The second kappa shape index (κ2) is 11.3. The molecule has 1 amide bonds. The minimum Gasteiger partial charge on any atom is -0.497 e. The summed E-state index contributed by atoms with van der Waals surface area (Å²) in [4.78, 5) is 29.8. The number of carbonyl (C=O) groups is 2. The lowest BCUT2D eigenvalue weighted by Crippen LogP contribution is -2.37. The van der Waals surface area contributed by atoms with Crippen molar-refractivity contribution in [2.75, 3.05) is 17.3 Å². The van der Waals surface area contributed by atoms with E-state index in [4.69, 9.17) is 4.74 Å². The molecule has 1 aliphatic carbocycles. The molecule has 0 saturated heterocycles. The number of amides is 1. The van der Waals surface area contributed by atoms with Gasteiger partial charge in [0, 0.05) is 23.8 Å². The third-order valence-electron chi connectivity index (χ3n) is 7.72. The summed E-state index contributed by atoms with van der Waals surface area (Å²) in [6, 6.07) is 30.2. The van der Waals surface area contributed by atoms with Gasteiger partial charge >= 0.3 is 0 Å². The number of rotatable bonds is 5. The molecule has 2 atom stereocenters. The predicted octanol–water partition coefficient (Wildman–Crippen LogP) is 7.45. The Morgan fingerprint density at radius 3 is 2.29 bits per heavy atom. The maximum absolute atomic E-state index is 14.1. The van der Waals surface area contributed by atoms with E-state index in [0.717, 1.165) is 28.3 Å². The van der Waals surface area contributed by atoms with Crippen LogP contribution in [0.1, 0.15) is 41.5 Å².